The summed E-state index contributed by atoms with van der Waals surface area (Å²) in [4.78, 5) is 16.8. The first kappa shape index (κ1) is 20.3. The fraction of sp³-hybridized carbons (Fsp3) is 0.429. The molecule has 2 atom stereocenters. The Morgan fingerprint density at radius 2 is 2.18 bits per heavy atom. The van der Waals surface area contributed by atoms with Crippen LogP contribution in [0.5, 0.6) is 0 Å². The lowest BCUT2D eigenvalue weighted by Gasteiger charge is -2.24. The Labute approximate surface area is 161 Å². The summed E-state index contributed by atoms with van der Waals surface area (Å²) >= 11 is 0. The first-order valence-electron chi connectivity index (χ1n) is 9.24. The zero-order valence-corrected chi connectivity index (χ0v) is 15.8. The van der Waals surface area contributed by atoms with Crippen LogP contribution in [0.15, 0.2) is 36.5 Å². The summed E-state index contributed by atoms with van der Waals surface area (Å²) < 4.78 is 43.8. The molecule has 28 heavy (non-hydrogen) atoms. The molecule has 1 unspecified atom stereocenters. The number of nitrogens with zero attached hydrogens (tertiary/aromatic N) is 1. The second-order valence-electron chi connectivity index (χ2n) is 7.17. The molecule has 7 heteroatoms. The molecule has 4 nitrogen and oxygen atoms in total. The summed E-state index contributed by atoms with van der Waals surface area (Å²) in [5, 5.41) is 3.61. The van der Waals surface area contributed by atoms with Crippen LogP contribution in [0.1, 0.15) is 42.1 Å². The molecule has 0 fully saturated rings. The Kier molecular flexibility index (Phi) is 6.03. The average molecular weight is 392 g/mol. The average Bonchev–Trinajstić information content (AvgIpc) is 2.66. The molecule has 1 amide bonds. The van der Waals surface area contributed by atoms with Crippen molar-refractivity contribution in [1.82, 2.24) is 10.3 Å². The van der Waals surface area contributed by atoms with E-state index in [1.165, 1.54) is 6.20 Å². The number of alkyl halides is 3. The quantitative estimate of drug-likeness (QED) is 0.799. The van der Waals surface area contributed by atoms with E-state index in [4.69, 9.17) is 4.74 Å². The zero-order valence-electron chi connectivity index (χ0n) is 15.8. The van der Waals surface area contributed by atoms with Gasteiger partial charge in [0.15, 0.2) is 0 Å². The highest BCUT2D eigenvalue weighted by atomic mass is 19.4. The van der Waals surface area contributed by atoms with Crippen LogP contribution in [-0.2, 0) is 4.74 Å². The third-order valence-corrected chi connectivity index (χ3v) is 5.00. The summed E-state index contributed by atoms with van der Waals surface area (Å²) in [6.45, 7) is 2.23. The van der Waals surface area contributed by atoms with Crippen molar-refractivity contribution >= 4 is 22.4 Å². The predicted molar refractivity (Wildman–Crippen MR) is 102 cm³/mol. The summed E-state index contributed by atoms with van der Waals surface area (Å²) in [5.74, 6) is -1.54. The van der Waals surface area contributed by atoms with Crippen molar-refractivity contribution in [3.05, 3.63) is 47.7 Å². The molecule has 0 saturated carbocycles. The van der Waals surface area contributed by atoms with Crippen molar-refractivity contribution < 1.29 is 22.7 Å². The monoisotopic (exact) mass is 392 g/mol. The number of benzene rings is 1. The molecule has 0 radical (unpaired) electrons. The third kappa shape index (κ3) is 4.52. The fourth-order valence-corrected chi connectivity index (χ4v) is 3.53. The second kappa shape index (κ2) is 8.31. The van der Waals surface area contributed by atoms with Crippen molar-refractivity contribution in [3.8, 4) is 0 Å². The number of halogens is 3. The minimum atomic E-state index is -4.16. The molecule has 0 bridgehead atoms. The van der Waals surface area contributed by atoms with E-state index in [1.807, 2.05) is 25.1 Å². The summed E-state index contributed by atoms with van der Waals surface area (Å²) in [5.41, 5.74) is 2.83. The van der Waals surface area contributed by atoms with E-state index in [0.717, 1.165) is 16.5 Å². The number of fused-ring (bicyclic) bond motifs is 1. The van der Waals surface area contributed by atoms with Gasteiger partial charge in [-0.2, -0.15) is 13.2 Å². The number of carbonyl (C=O) groups excluding carboxylic acids is 1. The topological polar surface area (TPSA) is 51.2 Å². The highest BCUT2D eigenvalue weighted by molar-refractivity contribution is 6.00. The molecule has 1 aromatic heterocycles. The van der Waals surface area contributed by atoms with Gasteiger partial charge in [0.1, 0.15) is 0 Å². The Hall–Kier alpha value is -2.41. The van der Waals surface area contributed by atoms with E-state index in [0.29, 0.717) is 24.1 Å². The van der Waals surface area contributed by atoms with Crippen LogP contribution in [0.4, 0.5) is 13.2 Å². The lowest BCUT2D eigenvalue weighted by Crippen LogP contribution is -2.35. The van der Waals surface area contributed by atoms with E-state index in [2.05, 4.69) is 10.3 Å². The van der Waals surface area contributed by atoms with Crippen LogP contribution in [0.2, 0.25) is 0 Å². The SMILES string of the molecule is COC[C@@H](C)NC(=O)c1cnc2cccc(C3=CCC(C(F)(F)F)CC3)c2c1. The molecular weight excluding hydrogens is 369 g/mol. The summed E-state index contributed by atoms with van der Waals surface area (Å²) in [7, 11) is 1.56. The molecule has 3 rings (SSSR count). The smallest absolute Gasteiger partial charge is 0.383 e. The lowest BCUT2D eigenvalue weighted by molar-refractivity contribution is -0.175. The first-order valence-corrected chi connectivity index (χ1v) is 9.24. The predicted octanol–water partition coefficient (Wildman–Crippen LogP) is 4.75. The fourth-order valence-electron chi connectivity index (χ4n) is 3.53. The number of ether oxygens (including phenoxy) is 1. The Bertz CT molecular complexity index is 893. The molecule has 0 spiro atoms. The molecule has 0 saturated heterocycles. The molecule has 150 valence electrons. The van der Waals surface area contributed by atoms with E-state index in [9.17, 15) is 18.0 Å². The number of rotatable bonds is 5. The van der Waals surface area contributed by atoms with Crippen molar-refractivity contribution in [1.29, 1.82) is 0 Å². The van der Waals surface area contributed by atoms with Gasteiger partial charge in [-0.1, -0.05) is 18.2 Å². The number of aromatic nitrogens is 1. The Morgan fingerprint density at radius 1 is 1.39 bits per heavy atom. The molecule has 1 heterocycles. The third-order valence-electron chi connectivity index (χ3n) is 5.00. The van der Waals surface area contributed by atoms with Crippen LogP contribution >= 0.6 is 0 Å². The highest BCUT2D eigenvalue weighted by Gasteiger charge is 2.39. The van der Waals surface area contributed by atoms with Crippen LogP contribution in [0, 0.1) is 5.92 Å². The molecule has 1 N–H and O–H groups in total. The molecular formula is C21H23F3N2O2. The number of hydrogen-bond donors (Lipinski definition) is 1. The molecule has 0 aliphatic heterocycles. The van der Waals surface area contributed by atoms with Gasteiger partial charge in [0.2, 0.25) is 0 Å². The maximum absolute atomic E-state index is 12.9. The molecule has 1 aromatic carbocycles. The zero-order chi connectivity index (χ0) is 20.3. The van der Waals surface area contributed by atoms with Gasteiger partial charge in [-0.3, -0.25) is 9.78 Å². The minimum Gasteiger partial charge on any atom is -0.383 e. The highest BCUT2D eigenvalue weighted by Crippen LogP contribution is 2.40. The van der Waals surface area contributed by atoms with Gasteiger partial charge in [-0.15, -0.1) is 0 Å². The normalized spacial score (nSPS) is 18.6. The molecule has 2 aromatic rings. The number of nitrogens with one attached hydrogen (secondary N) is 1. The van der Waals surface area contributed by atoms with Crippen LogP contribution in [-0.4, -0.2) is 36.8 Å². The second-order valence-corrected chi connectivity index (χ2v) is 7.17. The van der Waals surface area contributed by atoms with Gasteiger partial charge in [-0.05, 0) is 49.5 Å². The van der Waals surface area contributed by atoms with Gasteiger partial charge in [0.25, 0.3) is 5.91 Å². The molecule has 1 aliphatic rings. The van der Waals surface area contributed by atoms with Gasteiger partial charge in [0.05, 0.1) is 23.6 Å². The van der Waals surface area contributed by atoms with E-state index < -0.39 is 12.1 Å². The number of pyridine rings is 1. The number of methoxy groups -OCH3 is 1. The lowest BCUT2D eigenvalue weighted by atomic mass is 9.85. The van der Waals surface area contributed by atoms with E-state index in [-0.39, 0.29) is 24.8 Å². The Morgan fingerprint density at radius 3 is 2.82 bits per heavy atom. The van der Waals surface area contributed by atoms with Crippen molar-refractivity contribution in [2.45, 2.75) is 38.4 Å². The van der Waals surface area contributed by atoms with Gasteiger partial charge in [-0.25, -0.2) is 0 Å². The number of allylic oxidation sites excluding steroid dienone is 2. The van der Waals surface area contributed by atoms with Crippen LogP contribution in [0.25, 0.3) is 16.5 Å². The van der Waals surface area contributed by atoms with Crippen molar-refractivity contribution in [2.24, 2.45) is 5.92 Å². The number of hydrogen-bond acceptors (Lipinski definition) is 3. The van der Waals surface area contributed by atoms with Gasteiger partial charge in [0, 0.05) is 24.7 Å². The van der Waals surface area contributed by atoms with Crippen molar-refractivity contribution in [2.75, 3.05) is 13.7 Å². The number of carbonyl (C=O) groups is 1. The maximum atomic E-state index is 12.9. The van der Waals surface area contributed by atoms with E-state index >= 15 is 0 Å². The van der Waals surface area contributed by atoms with Crippen molar-refractivity contribution in [3.63, 3.8) is 0 Å². The first-order chi connectivity index (χ1) is 13.3. The minimum absolute atomic E-state index is 0.0165. The summed E-state index contributed by atoms with van der Waals surface area (Å²) in [6.07, 6.45) is -0.567. The summed E-state index contributed by atoms with van der Waals surface area (Å²) in [6, 6.07) is 7.14. The van der Waals surface area contributed by atoms with Crippen LogP contribution < -0.4 is 5.32 Å². The van der Waals surface area contributed by atoms with E-state index in [1.54, 1.807) is 19.3 Å². The largest absolute Gasteiger partial charge is 0.392 e. The van der Waals surface area contributed by atoms with Gasteiger partial charge >= 0.3 is 6.18 Å². The standard InChI is InChI=1S/C21H23F3N2O2/c1-13(12-28-2)26-20(27)15-10-18-17(4-3-5-19(18)25-11-15)14-6-8-16(9-7-14)21(22,23)24/h3-6,10-11,13,16H,7-9,12H2,1-2H3,(H,26,27)/t13-,16?/m1/s1. The maximum Gasteiger partial charge on any atom is 0.392 e. The van der Waals surface area contributed by atoms with Gasteiger partial charge < -0.3 is 10.1 Å². The number of amides is 1. The molecule has 1 aliphatic carbocycles. The van der Waals surface area contributed by atoms with Crippen LogP contribution in [0.3, 0.4) is 0 Å². The Balaban J connectivity index is 1.90.